The highest BCUT2D eigenvalue weighted by Gasteiger charge is 2.17. The van der Waals surface area contributed by atoms with Crippen molar-refractivity contribution in [2.45, 2.75) is 6.42 Å². The van der Waals surface area contributed by atoms with Gasteiger partial charge in [-0.1, -0.05) is 42.5 Å². The van der Waals surface area contributed by atoms with E-state index in [1.807, 2.05) is 42.6 Å². The number of nitrogens with one attached hydrogen (secondary N) is 1. The normalized spacial score (nSPS) is 15.0. The van der Waals surface area contributed by atoms with Crippen LogP contribution in [0.1, 0.15) is 5.56 Å². The Morgan fingerprint density at radius 2 is 1.75 bits per heavy atom. The van der Waals surface area contributed by atoms with Gasteiger partial charge in [-0.05, 0) is 43.3 Å². The molecule has 0 atom stereocenters. The number of hydrogen-bond acceptors (Lipinski definition) is 5. The van der Waals surface area contributed by atoms with E-state index in [9.17, 15) is 4.79 Å². The molecule has 4 heterocycles. The van der Waals surface area contributed by atoms with Crippen molar-refractivity contribution in [3.05, 3.63) is 94.9 Å². The number of rotatable bonds is 5. The van der Waals surface area contributed by atoms with Gasteiger partial charge in [0, 0.05) is 67.2 Å². The Labute approximate surface area is 210 Å². The van der Waals surface area contributed by atoms with E-state index in [0.29, 0.717) is 11.0 Å². The van der Waals surface area contributed by atoms with Crippen molar-refractivity contribution in [1.82, 2.24) is 24.8 Å². The number of aromatic amines is 1. The van der Waals surface area contributed by atoms with E-state index in [0.717, 1.165) is 78.0 Å². The van der Waals surface area contributed by atoms with Gasteiger partial charge in [-0.3, -0.25) is 9.78 Å². The molecule has 1 fully saturated rings. The summed E-state index contributed by atoms with van der Waals surface area (Å²) < 4.78 is 0. The van der Waals surface area contributed by atoms with Crippen LogP contribution in [0.5, 0.6) is 0 Å². The minimum absolute atomic E-state index is 0.0636. The molecule has 6 heteroatoms. The van der Waals surface area contributed by atoms with E-state index < -0.39 is 0 Å². The molecule has 0 saturated carbocycles. The molecule has 0 aliphatic carbocycles. The highest BCUT2D eigenvalue weighted by molar-refractivity contribution is 5.93. The van der Waals surface area contributed by atoms with Crippen LogP contribution in [0.15, 0.2) is 83.9 Å². The van der Waals surface area contributed by atoms with Crippen LogP contribution in [-0.4, -0.2) is 64.5 Å². The summed E-state index contributed by atoms with van der Waals surface area (Å²) in [7, 11) is 2.16. The van der Waals surface area contributed by atoms with Crippen LogP contribution in [0.25, 0.3) is 44.3 Å². The summed E-state index contributed by atoms with van der Waals surface area (Å²) in [4.78, 5) is 31.1. The van der Waals surface area contributed by atoms with E-state index in [1.54, 1.807) is 6.20 Å². The van der Waals surface area contributed by atoms with Crippen molar-refractivity contribution in [2.24, 2.45) is 0 Å². The lowest BCUT2D eigenvalue weighted by Gasteiger charge is -2.32. The van der Waals surface area contributed by atoms with Crippen molar-refractivity contribution in [2.75, 3.05) is 39.8 Å². The Kier molecular flexibility index (Phi) is 6.05. The number of nitrogens with zero attached hydrogens (tertiary/aromatic N) is 4. The third-order valence-corrected chi connectivity index (χ3v) is 7.20. The quantitative estimate of drug-likeness (QED) is 0.403. The van der Waals surface area contributed by atoms with E-state index in [1.165, 1.54) is 0 Å². The molecule has 0 spiro atoms. The number of H-pyrrole nitrogens is 1. The molecule has 1 aliphatic heterocycles. The second-order valence-electron chi connectivity index (χ2n) is 9.60. The lowest BCUT2D eigenvalue weighted by molar-refractivity contribution is 0.155. The minimum Gasteiger partial charge on any atom is -0.346 e. The topological polar surface area (TPSA) is 65.1 Å². The maximum atomic E-state index is 13.6. The second kappa shape index (κ2) is 9.64. The SMILES string of the molecule is CN1CCN(CCc2c[nH]c3nc(-c4ccccc4)c(-c4ccc5ncccc5c4)cc3c2=O)CC1. The fraction of sp³-hybridized carbons (Fsp3) is 0.233. The van der Waals surface area contributed by atoms with E-state index >= 15 is 0 Å². The molecule has 1 aliphatic rings. The van der Waals surface area contributed by atoms with Crippen LogP contribution >= 0.6 is 0 Å². The molecule has 6 nitrogen and oxygen atoms in total. The lowest BCUT2D eigenvalue weighted by Crippen LogP contribution is -2.45. The predicted molar refractivity (Wildman–Crippen MR) is 146 cm³/mol. The third-order valence-electron chi connectivity index (χ3n) is 7.20. The van der Waals surface area contributed by atoms with Gasteiger partial charge < -0.3 is 14.8 Å². The summed E-state index contributed by atoms with van der Waals surface area (Å²) >= 11 is 0. The maximum absolute atomic E-state index is 13.6. The molecule has 5 aromatic rings. The first-order chi connectivity index (χ1) is 17.7. The standard InChI is InChI=1S/C30H29N5O/c1-34-14-16-35(17-15-34)13-11-24-20-32-30-26(29(24)36)19-25(28(33-30)21-6-3-2-4-7-21)22-9-10-27-23(18-22)8-5-12-31-27/h2-10,12,18-20H,11,13-17H2,1H3,(H,32,33,36). The number of piperazine rings is 1. The van der Waals surface area contributed by atoms with Crippen LogP contribution in [0.4, 0.5) is 0 Å². The van der Waals surface area contributed by atoms with Crippen molar-refractivity contribution >= 4 is 21.9 Å². The molecular weight excluding hydrogens is 446 g/mol. The number of fused-ring (bicyclic) bond motifs is 2. The summed E-state index contributed by atoms with van der Waals surface area (Å²) in [6, 6.07) is 22.4. The van der Waals surface area contributed by atoms with Crippen molar-refractivity contribution in [3.8, 4) is 22.4 Å². The summed E-state index contributed by atoms with van der Waals surface area (Å²) in [6.45, 7) is 5.13. The largest absolute Gasteiger partial charge is 0.346 e. The Morgan fingerprint density at radius 1 is 0.917 bits per heavy atom. The lowest BCUT2D eigenvalue weighted by atomic mass is 9.96. The molecule has 6 rings (SSSR count). The highest BCUT2D eigenvalue weighted by Crippen LogP contribution is 2.33. The Morgan fingerprint density at radius 3 is 2.58 bits per heavy atom. The van der Waals surface area contributed by atoms with Gasteiger partial charge in [-0.25, -0.2) is 4.98 Å². The first-order valence-electron chi connectivity index (χ1n) is 12.5. The van der Waals surface area contributed by atoms with Crippen LogP contribution in [0.2, 0.25) is 0 Å². The van der Waals surface area contributed by atoms with Crippen LogP contribution < -0.4 is 5.43 Å². The van der Waals surface area contributed by atoms with E-state index in [-0.39, 0.29) is 5.43 Å². The van der Waals surface area contributed by atoms with Crippen molar-refractivity contribution in [1.29, 1.82) is 0 Å². The zero-order valence-corrected chi connectivity index (χ0v) is 20.4. The smallest absolute Gasteiger partial charge is 0.194 e. The van der Waals surface area contributed by atoms with Gasteiger partial charge in [-0.15, -0.1) is 0 Å². The van der Waals surface area contributed by atoms with Gasteiger partial charge in [0.1, 0.15) is 5.65 Å². The average Bonchev–Trinajstić information content (AvgIpc) is 2.93. The summed E-state index contributed by atoms with van der Waals surface area (Å²) in [6.07, 6.45) is 4.38. The molecule has 0 bridgehead atoms. The Hall–Kier alpha value is -3.87. The van der Waals surface area contributed by atoms with Gasteiger partial charge in [0.05, 0.1) is 16.6 Å². The molecule has 1 N–H and O–H groups in total. The second-order valence-corrected chi connectivity index (χ2v) is 9.60. The first kappa shape index (κ1) is 22.6. The van der Waals surface area contributed by atoms with Gasteiger partial charge >= 0.3 is 0 Å². The summed E-state index contributed by atoms with van der Waals surface area (Å²) in [5.41, 5.74) is 6.27. The minimum atomic E-state index is 0.0636. The Bertz CT molecular complexity index is 1590. The van der Waals surface area contributed by atoms with Crippen LogP contribution in [0.3, 0.4) is 0 Å². The fourth-order valence-electron chi connectivity index (χ4n) is 5.01. The molecule has 1 saturated heterocycles. The first-order valence-corrected chi connectivity index (χ1v) is 12.5. The van der Waals surface area contributed by atoms with Crippen LogP contribution in [0, 0.1) is 0 Å². The highest BCUT2D eigenvalue weighted by atomic mass is 16.1. The summed E-state index contributed by atoms with van der Waals surface area (Å²) in [5, 5.41) is 1.69. The van der Waals surface area contributed by atoms with Gasteiger partial charge in [-0.2, -0.15) is 0 Å². The molecule has 3 aromatic heterocycles. The van der Waals surface area contributed by atoms with E-state index in [2.05, 4.69) is 57.1 Å². The monoisotopic (exact) mass is 475 g/mol. The number of aromatic nitrogens is 3. The van der Waals surface area contributed by atoms with Crippen molar-refractivity contribution < 1.29 is 0 Å². The van der Waals surface area contributed by atoms with Gasteiger partial charge in [0.15, 0.2) is 5.43 Å². The molecule has 0 unspecified atom stereocenters. The average molecular weight is 476 g/mol. The van der Waals surface area contributed by atoms with E-state index in [4.69, 9.17) is 4.98 Å². The number of likely N-dealkylation sites (N-methyl/N-ethyl adjacent to an activating group) is 1. The zero-order valence-electron chi connectivity index (χ0n) is 20.4. The molecule has 180 valence electrons. The molecule has 0 radical (unpaired) electrons. The molecule has 36 heavy (non-hydrogen) atoms. The number of hydrogen-bond donors (Lipinski definition) is 1. The molecular formula is C30H29N5O. The number of pyridine rings is 3. The number of benzene rings is 2. The third kappa shape index (κ3) is 4.41. The van der Waals surface area contributed by atoms with Crippen molar-refractivity contribution in [3.63, 3.8) is 0 Å². The zero-order chi connectivity index (χ0) is 24.5. The van der Waals surface area contributed by atoms with Crippen LogP contribution in [-0.2, 0) is 6.42 Å². The predicted octanol–water partition coefficient (Wildman–Crippen LogP) is 4.60. The van der Waals surface area contributed by atoms with Gasteiger partial charge in [0.25, 0.3) is 0 Å². The molecule has 0 amide bonds. The fourth-order valence-corrected chi connectivity index (χ4v) is 5.01. The molecule has 2 aromatic carbocycles. The Balaban J connectivity index is 1.44. The maximum Gasteiger partial charge on any atom is 0.194 e. The summed E-state index contributed by atoms with van der Waals surface area (Å²) in [5.74, 6) is 0. The van der Waals surface area contributed by atoms with Gasteiger partial charge in [0.2, 0.25) is 0 Å².